The number of urea groups is 1. The summed E-state index contributed by atoms with van der Waals surface area (Å²) in [6.07, 6.45) is -4.40. The molecular weight excluding hydrogens is 347 g/mol. The monoisotopic (exact) mass is 365 g/mol. The number of nitrogens with zero attached hydrogens (tertiary/aromatic N) is 1. The number of carbonyl (C=O) groups is 1. The van der Waals surface area contributed by atoms with Gasteiger partial charge in [0.15, 0.2) is 0 Å². The number of halogens is 3. The van der Waals surface area contributed by atoms with Gasteiger partial charge in [0.1, 0.15) is 0 Å². The summed E-state index contributed by atoms with van der Waals surface area (Å²) in [5, 5.41) is 5.15. The first kappa shape index (κ1) is 18.1. The third kappa shape index (κ3) is 4.66. The Morgan fingerprint density at radius 1 is 0.885 bits per heavy atom. The quantitative estimate of drug-likeness (QED) is 0.858. The molecule has 2 N–H and O–H groups in total. The molecule has 0 bridgehead atoms. The molecule has 2 aromatic carbocycles. The minimum absolute atomic E-state index is 0.278. The van der Waals surface area contributed by atoms with E-state index < -0.39 is 17.8 Å². The van der Waals surface area contributed by atoms with E-state index in [-0.39, 0.29) is 5.69 Å². The molecule has 0 unspecified atom stereocenters. The Kier molecular flexibility index (Phi) is 5.32. The zero-order valence-electron chi connectivity index (χ0n) is 13.8. The summed E-state index contributed by atoms with van der Waals surface area (Å²) in [5.41, 5.74) is 1.15. The van der Waals surface area contributed by atoms with Gasteiger partial charge in [-0.2, -0.15) is 13.2 Å². The van der Waals surface area contributed by atoms with E-state index in [4.69, 9.17) is 4.74 Å². The predicted molar refractivity (Wildman–Crippen MR) is 93.6 cm³/mol. The van der Waals surface area contributed by atoms with Gasteiger partial charge in [0, 0.05) is 30.2 Å². The fraction of sp³-hybridized carbons (Fsp3) is 0.278. The lowest BCUT2D eigenvalue weighted by Crippen LogP contribution is -2.36. The maximum Gasteiger partial charge on any atom is 0.416 e. The van der Waals surface area contributed by atoms with Crippen molar-refractivity contribution in [1.29, 1.82) is 0 Å². The highest BCUT2D eigenvalue weighted by atomic mass is 19.4. The summed E-state index contributed by atoms with van der Waals surface area (Å²) in [6, 6.07) is 11.1. The minimum atomic E-state index is -4.40. The van der Waals surface area contributed by atoms with Crippen molar-refractivity contribution in [3.63, 3.8) is 0 Å². The highest BCUT2D eigenvalue weighted by molar-refractivity contribution is 5.99. The van der Waals surface area contributed by atoms with Crippen molar-refractivity contribution in [1.82, 2.24) is 0 Å². The zero-order valence-corrected chi connectivity index (χ0v) is 13.8. The smallest absolute Gasteiger partial charge is 0.378 e. The first-order valence-corrected chi connectivity index (χ1v) is 8.10. The summed E-state index contributed by atoms with van der Waals surface area (Å²) >= 11 is 0. The van der Waals surface area contributed by atoms with Gasteiger partial charge in [-0.25, -0.2) is 4.79 Å². The summed E-state index contributed by atoms with van der Waals surface area (Å²) < 4.78 is 42.9. The Labute approximate surface area is 148 Å². The van der Waals surface area contributed by atoms with E-state index in [9.17, 15) is 18.0 Å². The van der Waals surface area contributed by atoms with Crippen LogP contribution in [0.1, 0.15) is 5.56 Å². The van der Waals surface area contributed by atoms with E-state index in [1.54, 1.807) is 12.1 Å². The van der Waals surface area contributed by atoms with Crippen molar-refractivity contribution in [2.45, 2.75) is 6.18 Å². The van der Waals surface area contributed by atoms with Gasteiger partial charge >= 0.3 is 12.2 Å². The van der Waals surface area contributed by atoms with Gasteiger partial charge in [-0.3, -0.25) is 0 Å². The molecule has 1 aliphatic heterocycles. The molecule has 0 atom stereocenters. The predicted octanol–water partition coefficient (Wildman–Crippen LogP) is 4.19. The molecule has 26 heavy (non-hydrogen) atoms. The lowest BCUT2D eigenvalue weighted by Gasteiger charge is -2.28. The number of hydrogen-bond donors (Lipinski definition) is 2. The van der Waals surface area contributed by atoms with Gasteiger partial charge in [-0.1, -0.05) is 0 Å². The standard InChI is InChI=1S/C18H18F3N3O2/c19-18(20,21)13-1-3-14(4-2-13)22-17(25)23-15-5-7-16(8-6-15)24-9-11-26-12-10-24/h1-8H,9-12H2,(H2,22,23,25). The van der Waals surface area contributed by atoms with Crippen LogP contribution in [-0.2, 0) is 10.9 Å². The highest BCUT2D eigenvalue weighted by Gasteiger charge is 2.29. The number of benzene rings is 2. The van der Waals surface area contributed by atoms with Crippen LogP contribution >= 0.6 is 0 Å². The Morgan fingerprint density at radius 3 is 1.88 bits per heavy atom. The lowest BCUT2D eigenvalue weighted by molar-refractivity contribution is -0.137. The van der Waals surface area contributed by atoms with Crippen LogP contribution in [0.2, 0.25) is 0 Å². The molecule has 0 saturated carbocycles. The number of ether oxygens (including phenoxy) is 1. The molecule has 2 aromatic rings. The second-order valence-electron chi connectivity index (χ2n) is 5.80. The molecule has 1 aliphatic rings. The minimum Gasteiger partial charge on any atom is -0.378 e. The molecule has 3 rings (SSSR count). The molecular formula is C18H18F3N3O2. The Hall–Kier alpha value is -2.74. The van der Waals surface area contributed by atoms with Crippen LogP contribution < -0.4 is 15.5 Å². The van der Waals surface area contributed by atoms with Crippen LogP contribution in [0.25, 0.3) is 0 Å². The van der Waals surface area contributed by atoms with E-state index in [1.807, 2.05) is 12.1 Å². The van der Waals surface area contributed by atoms with Gasteiger partial charge in [0.2, 0.25) is 0 Å². The first-order valence-electron chi connectivity index (χ1n) is 8.10. The maximum absolute atomic E-state index is 12.5. The van der Waals surface area contributed by atoms with Crippen LogP contribution in [0.5, 0.6) is 0 Å². The van der Waals surface area contributed by atoms with Gasteiger partial charge in [-0.05, 0) is 48.5 Å². The van der Waals surface area contributed by atoms with Crippen molar-refractivity contribution in [3.05, 3.63) is 54.1 Å². The Morgan fingerprint density at radius 2 is 1.38 bits per heavy atom. The summed E-state index contributed by atoms with van der Waals surface area (Å²) in [6.45, 7) is 3.02. The van der Waals surface area contributed by atoms with Gasteiger partial charge in [-0.15, -0.1) is 0 Å². The zero-order chi connectivity index (χ0) is 18.6. The average Bonchev–Trinajstić information content (AvgIpc) is 2.63. The maximum atomic E-state index is 12.5. The number of nitrogens with one attached hydrogen (secondary N) is 2. The topological polar surface area (TPSA) is 53.6 Å². The molecule has 8 heteroatoms. The van der Waals surface area contributed by atoms with Crippen LogP contribution in [0.4, 0.5) is 35.0 Å². The second kappa shape index (κ2) is 7.65. The second-order valence-corrected chi connectivity index (χ2v) is 5.80. The number of amides is 2. The van der Waals surface area contributed by atoms with Crippen molar-refractivity contribution >= 4 is 23.1 Å². The van der Waals surface area contributed by atoms with Crippen molar-refractivity contribution in [3.8, 4) is 0 Å². The largest absolute Gasteiger partial charge is 0.416 e. The highest BCUT2D eigenvalue weighted by Crippen LogP contribution is 2.29. The third-order valence-corrected chi connectivity index (χ3v) is 3.97. The van der Waals surface area contributed by atoms with Crippen molar-refractivity contribution < 1.29 is 22.7 Å². The Bertz CT molecular complexity index is 740. The number of rotatable bonds is 3. The molecule has 1 fully saturated rings. The summed E-state index contributed by atoms with van der Waals surface area (Å²) in [5.74, 6) is 0. The fourth-order valence-corrected chi connectivity index (χ4v) is 2.61. The molecule has 1 heterocycles. The Balaban J connectivity index is 1.56. The first-order chi connectivity index (χ1) is 12.4. The van der Waals surface area contributed by atoms with E-state index in [2.05, 4.69) is 15.5 Å². The van der Waals surface area contributed by atoms with Gasteiger partial charge in [0.25, 0.3) is 0 Å². The SMILES string of the molecule is O=C(Nc1ccc(N2CCOCC2)cc1)Nc1ccc(C(F)(F)F)cc1. The molecule has 0 radical (unpaired) electrons. The fourth-order valence-electron chi connectivity index (χ4n) is 2.61. The number of hydrogen-bond acceptors (Lipinski definition) is 3. The van der Waals surface area contributed by atoms with Crippen molar-refractivity contribution in [2.24, 2.45) is 0 Å². The molecule has 5 nitrogen and oxygen atoms in total. The van der Waals surface area contributed by atoms with Crippen LogP contribution in [0, 0.1) is 0 Å². The molecule has 2 amide bonds. The molecule has 0 spiro atoms. The van der Waals surface area contributed by atoms with Crippen LogP contribution in [0.3, 0.4) is 0 Å². The molecule has 138 valence electrons. The van der Waals surface area contributed by atoms with E-state index >= 15 is 0 Å². The average molecular weight is 365 g/mol. The third-order valence-electron chi connectivity index (χ3n) is 3.97. The van der Waals surface area contributed by atoms with E-state index in [1.165, 1.54) is 12.1 Å². The normalized spacial score (nSPS) is 14.8. The lowest BCUT2D eigenvalue weighted by atomic mass is 10.2. The number of morpholine rings is 1. The van der Waals surface area contributed by atoms with Gasteiger partial charge in [0.05, 0.1) is 18.8 Å². The van der Waals surface area contributed by atoms with Gasteiger partial charge < -0.3 is 20.3 Å². The van der Waals surface area contributed by atoms with Crippen molar-refractivity contribution in [2.75, 3.05) is 41.8 Å². The van der Waals surface area contributed by atoms with Crippen LogP contribution in [-0.4, -0.2) is 32.3 Å². The number of alkyl halides is 3. The summed E-state index contributed by atoms with van der Waals surface area (Å²) in [7, 11) is 0. The molecule has 1 saturated heterocycles. The number of carbonyl (C=O) groups excluding carboxylic acids is 1. The van der Waals surface area contributed by atoms with E-state index in [0.717, 1.165) is 30.9 Å². The van der Waals surface area contributed by atoms with E-state index in [0.29, 0.717) is 18.9 Å². The summed E-state index contributed by atoms with van der Waals surface area (Å²) in [4.78, 5) is 14.2. The van der Waals surface area contributed by atoms with Crippen LogP contribution in [0.15, 0.2) is 48.5 Å². The number of anilines is 3. The molecule has 0 aromatic heterocycles. The molecule has 0 aliphatic carbocycles.